The Kier molecular flexibility index (Phi) is 4.56. The Labute approximate surface area is 116 Å². The fourth-order valence-electron chi connectivity index (χ4n) is 2.19. The number of phenolic OH excluding ortho intramolecular Hbond substituents is 1. The Morgan fingerprint density at radius 1 is 1.32 bits per heavy atom. The van der Waals surface area contributed by atoms with Gasteiger partial charge < -0.3 is 10.4 Å². The quantitative estimate of drug-likeness (QED) is 0.870. The van der Waals surface area contributed by atoms with Gasteiger partial charge in [-0.05, 0) is 37.8 Å². The van der Waals surface area contributed by atoms with Crippen molar-refractivity contribution in [3.8, 4) is 5.75 Å². The molecule has 2 nitrogen and oxygen atoms in total. The zero-order valence-corrected chi connectivity index (χ0v) is 11.9. The third-order valence-electron chi connectivity index (χ3n) is 3.08. The standard InChI is InChI=1S/C15H18FNOS/c1-10(8-13-4-3-7-19-13)17-11(2)14-6-5-12(16)9-15(14)18/h3-7,9-11,17-18H,8H2,1-2H3. The first-order chi connectivity index (χ1) is 9.06. The average Bonchev–Trinajstić information content (AvgIpc) is 2.81. The first kappa shape index (κ1) is 14.0. The van der Waals surface area contributed by atoms with Crippen LogP contribution in [0.15, 0.2) is 35.7 Å². The SMILES string of the molecule is CC(Cc1cccs1)NC(C)c1ccc(F)cc1O. The lowest BCUT2D eigenvalue weighted by Crippen LogP contribution is -2.30. The second-order valence-corrected chi connectivity index (χ2v) is 5.81. The van der Waals surface area contributed by atoms with Gasteiger partial charge in [-0.3, -0.25) is 0 Å². The van der Waals surface area contributed by atoms with Gasteiger partial charge in [0, 0.05) is 28.6 Å². The highest BCUT2D eigenvalue weighted by atomic mass is 32.1. The van der Waals surface area contributed by atoms with Crippen LogP contribution in [0.2, 0.25) is 0 Å². The van der Waals surface area contributed by atoms with Gasteiger partial charge in [-0.2, -0.15) is 0 Å². The highest BCUT2D eigenvalue weighted by molar-refractivity contribution is 7.09. The van der Waals surface area contributed by atoms with Crippen LogP contribution in [0.4, 0.5) is 4.39 Å². The first-order valence-electron chi connectivity index (χ1n) is 6.33. The fourth-order valence-corrected chi connectivity index (χ4v) is 3.02. The van der Waals surface area contributed by atoms with Gasteiger partial charge in [-0.1, -0.05) is 12.1 Å². The predicted molar refractivity (Wildman–Crippen MR) is 77.1 cm³/mol. The maximum absolute atomic E-state index is 12.9. The van der Waals surface area contributed by atoms with Crippen molar-refractivity contribution in [2.24, 2.45) is 0 Å². The van der Waals surface area contributed by atoms with Gasteiger partial charge in [-0.15, -0.1) is 11.3 Å². The summed E-state index contributed by atoms with van der Waals surface area (Å²) >= 11 is 1.74. The van der Waals surface area contributed by atoms with E-state index in [1.165, 1.54) is 10.9 Å². The number of hydrogen-bond donors (Lipinski definition) is 2. The highest BCUT2D eigenvalue weighted by Gasteiger charge is 2.14. The monoisotopic (exact) mass is 279 g/mol. The van der Waals surface area contributed by atoms with E-state index < -0.39 is 5.82 Å². The summed E-state index contributed by atoms with van der Waals surface area (Å²) in [6.45, 7) is 4.08. The molecule has 0 bridgehead atoms. The molecular formula is C15H18FNOS. The van der Waals surface area contributed by atoms with E-state index in [9.17, 15) is 9.50 Å². The molecule has 0 aliphatic carbocycles. The van der Waals surface area contributed by atoms with Gasteiger partial charge in [0.05, 0.1) is 0 Å². The number of phenols is 1. The van der Waals surface area contributed by atoms with Crippen molar-refractivity contribution in [3.63, 3.8) is 0 Å². The molecule has 2 atom stereocenters. The number of benzene rings is 1. The molecule has 2 aromatic rings. The van der Waals surface area contributed by atoms with Gasteiger partial charge in [0.25, 0.3) is 0 Å². The minimum absolute atomic E-state index is 0.00308. The molecule has 0 saturated carbocycles. The molecule has 0 fully saturated rings. The van der Waals surface area contributed by atoms with Crippen molar-refractivity contribution < 1.29 is 9.50 Å². The summed E-state index contributed by atoms with van der Waals surface area (Å²) in [5, 5.41) is 15.2. The molecule has 0 radical (unpaired) electrons. The minimum atomic E-state index is -0.417. The maximum atomic E-state index is 12.9. The highest BCUT2D eigenvalue weighted by Crippen LogP contribution is 2.25. The van der Waals surface area contributed by atoms with Crippen LogP contribution in [0.1, 0.15) is 30.3 Å². The summed E-state index contributed by atoms with van der Waals surface area (Å²) in [7, 11) is 0. The van der Waals surface area contributed by atoms with Crippen LogP contribution >= 0.6 is 11.3 Å². The van der Waals surface area contributed by atoms with E-state index in [1.54, 1.807) is 17.4 Å². The maximum Gasteiger partial charge on any atom is 0.126 e. The van der Waals surface area contributed by atoms with Crippen molar-refractivity contribution in [2.75, 3.05) is 0 Å². The molecule has 0 aliphatic rings. The van der Waals surface area contributed by atoms with E-state index in [1.807, 2.05) is 13.0 Å². The first-order valence-corrected chi connectivity index (χ1v) is 7.21. The van der Waals surface area contributed by atoms with Crippen molar-refractivity contribution in [3.05, 3.63) is 52.0 Å². The Hall–Kier alpha value is -1.39. The third-order valence-corrected chi connectivity index (χ3v) is 3.98. The van der Waals surface area contributed by atoms with Gasteiger partial charge in [-0.25, -0.2) is 4.39 Å². The Morgan fingerprint density at radius 2 is 2.11 bits per heavy atom. The summed E-state index contributed by atoms with van der Waals surface area (Å²) in [6.07, 6.45) is 0.948. The summed E-state index contributed by atoms with van der Waals surface area (Å²) in [5.74, 6) is -0.414. The smallest absolute Gasteiger partial charge is 0.126 e. The Morgan fingerprint density at radius 3 is 2.74 bits per heavy atom. The van der Waals surface area contributed by atoms with Crippen LogP contribution < -0.4 is 5.32 Å². The van der Waals surface area contributed by atoms with E-state index in [2.05, 4.69) is 23.7 Å². The molecule has 1 heterocycles. The molecule has 1 aromatic heterocycles. The molecule has 0 aliphatic heterocycles. The Bertz CT molecular complexity index is 527. The molecule has 1 aromatic carbocycles. The molecule has 0 amide bonds. The minimum Gasteiger partial charge on any atom is -0.508 e. The third kappa shape index (κ3) is 3.78. The molecule has 19 heavy (non-hydrogen) atoms. The van der Waals surface area contributed by atoms with E-state index in [-0.39, 0.29) is 17.8 Å². The number of hydrogen-bond acceptors (Lipinski definition) is 3. The lowest BCUT2D eigenvalue weighted by molar-refractivity contribution is 0.430. The number of rotatable bonds is 5. The van der Waals surface area contributed by atoms with Crippen molar-refractivity contribution in [1.29, 1.82) is 0 Å². The molecule has 2 rings (SSSR count). The van der Waals surface area contributed by atoms with Crippen molar-refractivity contribution in [1.82, 2.24) is 5.32 Å². The predicted octanol–water partition coefficient (Wildman–Crippen LogP) is 3.87. The molecule has 2 unspecified atom stereocenters. The van der Waals surface area contributed by atoms with Gasteiger partial charge >= 0.3 is 0 Å². The van der Waals surface area contributed by atoms with Crippen LogP contribution in [0.5, 0.6) is 5.75 Å². The average molecular weight is 279 g/mol. The summed E-state index contributed by atoms with van der Waals surface area (Å²) < 4.78 is 12.9. The number of aromatic hydroxyl groups is 1. The fraction of sp³-hybridized carbons (Fsp3) is 0.333. The number of thiophene rings is 1. The molecule has 0 saturated heterocycles. The zero-order valence-electron chi connectivity index (χ0n) is 11.1. The van der Waals surface area contributed by atoms with E-state index >= 15 is 0 Å². The molecule has 0 spiro atoms. The molecular weight excluding hydrogens is 261 g/mol. The second kappa shape index (κ2) is 6.17. The van der Waals surface area contributed by atoms with E-state index in [0.29, 0.717) is 0 Å². The normalized spacial score (nSPS) is 14.3. The van der Waals surface area contributed by atoms with Crippen LogP contribution in [0.3, 0.4) is 0 Å². The van der Waals surface area contributed by atoms with Gasteiger partial charge in [0.15, 0.2) is 0 Å². The summed E-state index contributed by atoms with van der Waals surface area (Å²) in [6, 6.07) is 8.58. The largest absolute Gasteiger partial charge is 0.508 e. The van der Waals surface area contributed by atoms with Crippen LogP contribution in [0, 0.1) is 5.82 Å². The molecule has 2 N–H and O–H groups in total. The topological polar surface area (TPSA) is 32.3 Å². The number of halogens is 1. The van der Waals surface area contributed by atoms with Crippen LogP contribution in [-0.4, -0.2) is 11.1 Å². The Balaban J connectivity index is 1.98. The molecule has 4 heteroatoms. The number of nitrogens with one attached hydrogen (secondary N) is 1. The van der Waals surface area contributed by atoms with Crippen LogP contribution in [-0.2, 0) is 6.42 Å². The van der Waals surface area contributed by atoms with Crippen molar-refractivity contribution in [2.45, 2.75) is 32.4 Å². The lowest BCUT2D eigenvalue weighted by Gasteiger charge is -2.20. The van der Waals surface area contributed by atoms with Crippen LogP contribution in [0.25, 0.3) is 0 Å². The van der Waals surface area contributed by atoms with Crippen molar-refractivity contribution >= 4 is 11.3 Å². The van der Waals surface area contributed by atoms with Gasteiger partial charge in [0.1, 0.15) is 11.6 Å². The summed E-state index contributed by atoms with van der Waals surface area (Å²) in [4.78, 5) is 1.33. The lowest BCUT2D eigenvalue weighted by atomic mass is 10.1. The zero-order chi connectivity index (χ0) is 13.8. The van der Waals surface area contributed by atoms with E-state index in [4.69, 9.17) is 0 Å². The summed E-state index contributed by atoms with van der Waals surface area (Å²) in [5.41, 5.74) is 0.722. The molecule has 102 valence electrons. The van der Waals surface area contributed by atoms with Gasteiger partial charge in [0.2, 0.25) is 0 Å². The second-order valence-electron chi connectivity index (χ2n) is 4.78. The van der Waals surface area contributed by atoms with E-state index in [0.717, 1.165) is 18.1 Å².